The van der Waals surface area contributed by atoms with E-state index < -0.39 is 0 Å². The number of nitrogens with zero attached hydrogens (tertiary/aromatic N) is 2. The molecule has 0 fully saturated rings. The normalized spacial score (nSPS) is 13.4. The first-order valence-electron chi connectivity index (χ1n) is 5.71. The number of nitriles is 1. The standard InChI is InChI=1S/C15H11N2Se/c16-9-12-5-4-6-13-10-17(11-18-15(12)13)14-7-2-1-3-8-14/h1-8,10H,11H2/q+1. The fourth-order valence-electron chi connectivity index (χ4n) is 2.01. The maximum atomic E-state index is 9.11. The molecule has 2 nitrogen and oxygen atoms in total. The van der Waals surface area contributed by atoms with E-state index >= 15 is 0 Å². The molecule has 0 aliphatic carbocycles. The van der Waals surface area contributed by atoms with Crippen LogP contribution in [-0.2, 0) is 0 Å². The van der Waals surface area contributed by atoms with E-state index in [9.17, 15) is 0 Å². The van der Waals surface area contributed by atoms with E-state index in [1.165, 1.54) is 15.7 Å². The quantitative estimate of drug-likeness (QED) is 0.580. The zero-order valence-electron chi connectivity index (χ0n) is 9.71. The summed E-state index contributed by atoms with van der Waals surface area (Å²) < 4.78 is 3.50. The molecule has 0 bridgehead atoms. The fourth-order valence-corrected chi connectivity index (χ4v) is 4.21. The first-order chi connectivity index (χ1) is 8.88. The molecule has 1 heterocycles. The molecule has 0 amide bonds. The number of benzene rings is 2. The zero-order valence-corrected chi connectivity index (χ0v) is 11.4. The second-order valence-corrected chi connectivity index (χ2v) is 6.05. The van der Waals surface area contributed by atoms with Crippen molar-refractivity contribution in [2.24, 2.45) is 0 Å². The van der Waals surface area contributed by atoms with Gasteiger partial charge in [0.1, 0.15) is 0 Å². The third kappa shape index (κ3) is 1.97. The van der Waals surface area contributed by atoms with Crippen molar-refractivity contribution in [1.82, 2.24) is 0 Å². The van der Waals surface area contributed by atoms with Crippen LogP contribution < -0.4 is 4.46 Å². The summed E-state index contributed by atoms with van der Waals surface area (Å²) in [7, 11) is 0. The van der Waals surface area contributed by atoms with Crippen molar-refractivity contribution in [3.63, 3.8) is 0 Å². The van der Waals surface area contributed by atoms with Crippen molar-refractivity contribution in [3.05, 3.63) is 59.7 Å². The van der Waals surface area contributed by atoms with Gasteiger partial charge in [0.2, 0.25) is 0 Å². The van der Waals surface area contributed by atoms with Crippen LogP contribution in [-0.4, -0.2) is 31.2 Å². The van der Waals surface area contributed by atoms with Crippen molar-refractivity contribution >= 4 is 31.3 Å². The third-order valence-corrected chi connectivity index (χ3v) is 5.31. The van der Waals surface area contributed by atoms with Gasteiger partial charge in [-0.25, -0.2) is 0 Å². The Bertz CT molecular complexity index is 654. The zero-order chi connectivity index (χ0) is 12.4. The van der Waals surface area contributed by atoms with Gasteiger partial charge in [-0.05, 0) is 0 Å². The Labute approximate surface area is 112 Å². The SMILES string of the molecule is N#Cc1cccc2c1[Se]C[N+](c1ccccc1)=C2. The molecule has 0 saturated carbocycles. The molecular weight excluding hydrogens is 287 g/mol. The molecule has 1 aliphatic rings. The van der Waals surface area contributed by atoms with E-state index in [1.54, 1.807) is 0 Å². The molecule has 2 aromatic carbocycles. The van der Waals surface area contributed by atoms with E-state index in [0.717, 1.165) is 11.0 Å². The molecule has 0 spiro atoms. The molecule has 0 atom stereocenters. The second-order valence-electron chi connectivity index (χ2n) is 4.04. The van der Waals surface area contributed by atoms with Crippen LogP contribution in [0.1, 0.15) is 11.1 Å². The van der Waals surface area contributed by atoms with E-state index in [2.05, 4.69) is 47.2 Å². The molecular formula is C15H11N2Se+. The van der Waals surface area contributed by atoms with Crippen molar-refractivity contribution in [2.75, 3.05) is 5.44 Å². The van der Waals surface area contributed by atoms with Crippen molar-refractivity contribution in [2.45, 2.75) is 0 Å². The topological polar surface area (TPSA) is 26.8 Å². The average Bonchev–Trinajstić information content (AvgIpc) is 2.47. The molecule has 18 heavy (non-hydrogen) atoms. The number of fused-ring (bicyclic) bond motifs is 1. The minimum absolute atomic E-state index is 0.326. The maximum absolute atomic E-state index is 9.11. The molecule has 0 N–H and O–H groups in total. The Morgan fingerprint density at radius 1 is 1.06 bits per heavy atom. The molecule has 0 aromatic heterocycles. The minimum atomic E-state index is 0.326. The molecule has 0 saturated heterocycles. The average molecular weight is 298 g/mol. The fraction of sp³-hybridized carbons (Fsp3) is 0.0667. The van der Waals surface area contributed by atoms with Gasteiger partial charge in [-0.3, -0.25) is 0 Å². The second kappa shape index (κ2) is 4.78. The predicted octanol–water partition coefficient (Wildman–Crippen LogP) is 1.62. The van der Waals surface area contributed by atoms with Gasteiger partial charge in [-0.1, -0.05) is 0 Å². The van der Waals surface area contributed by atoms with Gasteiger partial charge in [0.25, 0.3) is 0 Å². The number of hydrogen-bond acceptors (Lipinski definition) is 1. The van der Waals surface area contributed by atoms with Gasteiger partial charge in [-0.2, -0.15) is 0 Å². The monoisotopic (exact) mass is 299 g/mol. The third-order valence-electron chi connectivity index (χ3n) is 2.90. The molecule has 86 valence electrons. The summed E-state index contributed by atoms with van der Waals surface area (Å²) in [5.74, 6) is 0. The van der Waals surface area contributed by atoms with Crippen LogP contribution >= 0.6 is 0 Å². The number of para-hydroxylation sites is 1. The summed E-state index contributed by atoms with van der Waals surface area (Å²) in [5, 5.41) is 9.11. The Balaban J connectivity index is 2.08. The van der Waals surface area contributed by atoms with E-state index in [4.69, 9.17) is 5.26 Å². The molecule has 0 radical (unpaired) electrons. The van der Waals surface area contributed by atoms with Gasteiger partial charge in [-0.15, -0.1) is 0 Å². The van der Waals surface area contributed by atoms with E-state index in [1.807, 2.05) is 18.2 Å². The Morgan fingerprint density at radius 2 is 1.89 bits per heavy atom. The van der Waals surface area contributed by atoms with Crippen molar-refractivity contribution < 1.29 is 4.58 Å². The van der Waals surface area contributed by atoms with Crippen LogP contribution in [0.3, 0.4) is 0 Å². The van der Waals surface area contributed by atoms with Crippen LogP contribution in [0.5, 0.6) is 0 Å². The van der Waals surface area contributed by atoms with Gasteiger partial charge >= 0.3 is 112 Å². The summed E-state index contributed by atoms with van der Waals surface area (Å²) in [6.45, 7) is 0. The van der Waals surface area contributed by atoms with Crippen LogP contribution in [0, 0.1) is 11.3 Å². The van der Waals surface area contributed by atoms with Crippen LogP contribution in [0.25, 0.3) is 0 Å². The van der Waals surface area contributed by atoms with E-state index in [0.29, 0.717) is 15.0 Å². The van der Waals surface area contributed by atoms with Crippen LogP contribution in [0.15, 0.2) is 48.5 Å². The van der Waals surface area contributed by atoms with Gasteiger partial charge in [0.05, 0.1) is 0 Å². The Kier molecular flexibility index (Phi) is 2.98. The Hall–Kier alpha value is -1.88. The summed E-state index contributed by atoms with van der Waals surface area (Å²) >= 11 is 0.326. The number of hydrogen-bond donors (Lipinski definition) is 0. The van der Waals surface area contributed by atoms with E-state index in [-0.39, 0.29) is 0 Å². The molecule has 0 unspecified atom stereocenters. The summed E-state index contributed by atoms with van der Waals surface area (Å²) in [4.78, 5) is 0. The molecule has 3 rings (SSSR count). The van der Waals surface area contributed by atoms with Gasteiger partial charge < -0.3 is 0 Å². The molecule has 2 aromatic rings. The predicted molar refractivity (Wildman–Crippen MR) is 72.9 cm³/mol. The first kappa shape index (κ1) is 11.2. The van der Waals surface area contributed by atoms with Gasteiger partial charge in [0, 0.05) is 0 Å². The summed E-state index contributed by atoms with van der Waals surface area (Å²) in [6, 6.07) is 18.6. The summed E-state index contributed by atoms with van der Waals surface area (Å²) in [5.41, 5.74) is 4.22. The molecule has 1 aliphatic heterocycles. The van der Waals surface area contributed by atoms with Crippen LogP contribution in [0.4, 0.5) is 5.69 Å². The van der Waals surface area contributed by atoms with Crippen LogP contribution in [0.2, 0.25) is 0 Å². The van der Waals surface area contributed by atoms with Gasteiger partial charge in [0.15, 0.2) is 0 Å². The Morgan fingerprint density at radius 3 is 2.67 bits per heavy atom. The number of rotatable bonds is 1. The van der Waals surface area contributed by atoms with Crippen molar-refractivity contribution in [3.8, 4) is 6.07 Å². The first-order valence-corrected chi connectivity index (χ1v) is 7.78. The van der Waals surface area contributed by atoms with Crippen molar-refractivity contribution in [1.29, 1.82) is 5.26 Å². The molecule has 3 heteroatoms. The summed E-state index contributed by atoms with van der Waals surface area (Å²) in [6.07, 6.45) is 2.15.